The van der Waals surface area contributed by atoms with Gasteiger partial charge in [0.25, 0.3) is 0 Å². The minimum atomic E-state index is 0.193. The van der Waals surface area contributed by atoms with Gasteiger partial charge in [0, 0.05) is 5.56 Å². The Kier molecular flexibility index (Phi) is 5.87. The van der Waals surface area contributed by atoms with E-state index in [1.807, 2.05) is 37.4 Å². The van der Waals surface area contributed by atoms with Crippen LogP contribution < -0.4 is 0 Å². The highest BCUT2D eigenvalue weighted by Gasteiger charge is 2.08. The fourth-order valence-corrected chi connectivity index (χ4v) is 1.70. The molecule has 1 aromatic carbocycles. The molecule has 0 atom stereocenters. The predicted octanol–water partition coefficient (Wildman–Crippen LogP) is 1.75. The lowest BCUT2D eigenvalue weighted by Crippen LogP contribution is -2.28. The molecule has 0 aliphatic carbocycles. The molecule has 0 saturated heterocycles. The van der Waals surface area contributed by atoms with Gasteiger partial charge in [-0.2, -0.15) is 0 Å². The summed E-state index contributed by atoms with van der Waals surface area (Å²) in [6, 6.07) is 9.47. The molecule has 0 aliphatic heterocycles. The third-order valence-electron chi connectivity index (χ3n) is 2.65. The van der Waals surface area contributed by atoms with Crippen molar-refractivity contribution in [3.05, 3.63) is 35.9 Å². The van der Waals surface area contributed by atoms with E-state index in [1.165, 1.54) is 0 Å². The molecule has 0 amide bonds. The highest BCUT2D eigenvalue weighted by molar-refractivity contribution is 5.97. The van der Waals surface area contributed by atoms with Gasteiger partial charge in [0.1, 0.15) is 0 Å². The molecule has 0 unspecified atom stereocenters. The van der Waals surface area contributed by atoms with Crippen molar-refractivity contribution in [1.82, 2.24) is 9.80 Å². The van der Waals surface area contributed by atoms with Gasteiger partial charge in [0.15, 0.2) is 5.78 Å². The monoisotopic (exact) mass is 234 g/mol. The van der Waals surface area contributed by atoms with Crippen LogP contribution in [0.3, 0.4) is 0 Å². The maximum absolute atomic E-state index is 11.9. The van der Waals surface area contributed by atoms with Crippen LogP contribution in [0.5, 0.6) is 0 Å². The van der Waals surface area contributed by atoms with Gasteiger partial charge in [-0.3, -0.25) is 9.69 Å². The molecule has 1 aromatic rings. The zero-order chi connectivity index (χ0) is 12.7. The van der Waals surface area contributed by atoms with Crippen molar-refractivity contribution in [2.24, 2.45) is 0 Å². The van der Waals surface area contributed by atoms with E-state index in [1.54, 1.807) is 0 Å². The van der Waals surface area contributed by atoms with Gasteiger partial charge < -0.3 is 4.90 Å². The molecule has 0 bridgehead atoms. The van der Waals surface area contributed by atoms with Crippen molar-refractivity contribution >= 4 is 5.78 Å². The van der Waals surface area contributed by atoms with Crippen LogP contribution in [0.15, 0.2) is 30.3 Å². The first kappa shape index (κ1) is 13.9. The molecular formula is C14H22N2O. The van der Waals surface area contributed by atoms with Gasteiger partial charge in [0.2, 0.25) is 0 Å². The summed E-state index contributed by atoms with van der Waals surface area (Å²) in [5.41, 5.74) is 0.798. The van der Waals surface area contributed by atoms with Crippen LogP contribution in [-0.2, 0) is 0 Å². The van der Waals surface area contributed by atoms with Crippen LogP contribution in [0, 0.1) is 0 Å². The van der Waals surface area contributed by atoms with E-state index in [0.29, 0.717) is 6.54 Å². The highest BCUT2D eigenvalue weighted by Crippen LogP contribution is 2.01. The van der Waals surface area contributed by atoms with Crippen LogP contribution in [0.1, 0.15) is 16.8 Å². The topological polar surface area (TPSA) is 23.6 Å². The number of hydrogen-bond acceptors (Lipinski definition) is 3. The number of ketones is 1. The summed E-state index contributed by atoms with van der Waals surface area (Å²) >= 11 is 0. The third-order valence-corrected chi connectivity index (χ3v) is 2.65. The van der Waals surface area contributed by atoms with Gasteiger partial charge in [0.05, 0.1) is 6.54 Å². The van der Waals surface area contributed by atoms with Crippen molar-refractivity contribution in [3.63, 3.8) is 0 Å². The molecule has 0 aromatic heterocycles. The van der Waals surface area contributed by atoms with E-state index in [-0.39, 0.29) is 5.78 Å². The minimum Gasteiger partial charge on any atom is -0.309 e. The van der Waals surface area contributed by atoms with Gasteiger partial charge in [-0.15, -0.1) is 0 Å². The van der Waals surface area contributed by atoms with Crippen molar-refractivity contribution in [2.75, 3.05) is 40.8 Å². The lowest BCUT2D eigenvalue weighted by atomic mass is 10.1. The molecule has 1 rings (SSSR count). The minimum absolute atomic E-state index is 0.193. The second-order valence-corrected chi connectivity index (χ2v) is 4.68. The second kappa shape index (κ2) is 7.20. The standard InChI is InChI=1S/C14H22N2O/c1-15(2)10-7-11-16(3)12-14(17)13-8-5-4-6-9-13/h4-6,8-9H,7,10-12H2,1-3H3. The van der Waals surface area contributed by atoms with Crippen molar-refractivity contribution < 1.29 is 4.79 Å². The summed E-state index contributed by atoms with van der Waals surface area (Å²) < 4.78 is 0. The molecule has 3 nitrogen and oxygen atoms in total. The smallest absolute Gasteiger partial charge is 0.176 e. The molecule has 0 spiro atoms. The lowest BCUT2D eigenvalue weighted by Gasteiger charge is -2.17. The van der Waals surface area contributed by atoms with Gasteiger partial charge in [-0.25, -0.2) is 0 Å². The van der Waals surface area contributed by atoms with Crippen LogP contribution in [0.25, 0.3) is 0 Å². The summed E-state index contributed by atoms with van der Waals surface area (Å²) in [4.78, 5) is 16.1. The van der Waals surface area contributed by atoms with Gasteiger partial charge in [-0.1, -0.05) is 30.3 Å². The Morgan fingerprint density at radius 1 is 1.06 bits per heavy atom. The number of hydrogen-bond donors (Lipinski definition) is 0. The number of rotatable bonds is 7. The summed E-state index contributed by atoms with van der Waals surface area (Å²) in [7, 11) is 6.13. The van der Waals surface area contributed by atoms with Gasteiger partial charge >= 0.3 is 0 Å². The first-order chi connectivity index (χ1) is 8.09. The maximum Gasteiger partial charge on any atom is 0.176 e. The normalized spacial score (nSPS) is 11.1. The largest absolute Gasteiger partial charge is 0.309 e. The van der Waals surface area contributed by atoms with Gasteiger partial charge in [-0.05, 0) is 40.7 Å². The number of nitrogens with zero attached hydrogens (tertiary/aromatic N) is 2. The summed E-state index contributed by atoms with van der Waals surface area (Å²) in [6.45, 7) is 2.51. The highest BCUT2D eigenvalue weighted by atomic mass is 16.1. The number of carbonyl (C=O) groups excluding carboxylic acids is 1. The van der Waals surface area contributed by atoms with Crippen LogP contribution in [-0.4, -0.2) is 56.4 Å². The van der Waals surface area contributed by atoms with Crippen molar-refractivity contribution in [2.45, 2.75) is 6.42 Å². The Morgan fingerprint density at radius 2 is 1.71 bits per heavy atom. The lowest BCUT2D eigenvalue weighted by molar-refractivity contribution is 0.0944. The maximum atomic E-state index is 11.9. The average Bonchev–Trinajstić information content (AvgIpc) is 2.29. The summed E-state index contributed by atoms with van der Waals surface area (Å²) in [5, 5.41) is 0. The first-order valence-electron chi connectivity index (χ1n) is 6.01. The second-order valence-electron chi connectivity index (χ2n) is 4.68. The summed E-state index contributed by atoms with van der Waals surface area (Å²) in [6.07, 6.45) is 1.09. The molecule has 0 aliphatic rings. The van der Waals surface area contributed by atoms with E-state index < -0.39 is 0 Å². The zero-order valence-electron chi connectivity index (χ0n) is 11.0. The molecule has 3 heteroatoms. The molecule has 0 saturated carbocycles. The Bertz CT molecular complexity index is 335. The van der Waals surface area contributed by atoms with Crippen molar-refractivity contribution in [3.8, 4) is 0 Å². The number of benzene rings is 1. The van der Waals surface area contributed by atoms with Crippen LogP contribution in [0.4, 0.5) is 0 Å². The number of likely N-dealkylation sites (N-methyl/N-ethyl adjacent to an activating group) is 1. The Morgan fingerprint density at radius 3 is 2.29 bits per heavy atom. The van der Waals surface area contributed by atoms with Crippen LogP contribution in [0.2, 0.25) is 0 Å². The molecule has 94 valence electrons. The quantitative estimate of drug-likeness (QED) is 0.672. The Labute approximate surface area is 104 Å². The zero-order valence-corrected chi connectivity index (χ0v) is 11.0. The number of Topliss-reactive ketones (excluding diaryl/α,β-unsaturated/α-hetero) is 1. The fraction of sp³-hybridized carbons (Fsp3) is 0.500. The molecule has 0 N–H and O–H groups in total. The average molecular weight is 234 g/mol. The fourth-order valence-electron chi connectivity index (χ4n) is 1.70. The van der Waals surface area contributed by atoms with E-state index in [2.05, 4.69) is 23.9 Å². The summed E-state index contributed by atoms with van der Waals surface area (Å²) in [5.74, 6) is 0.193. The van der Waals surface area contributed by atoms with E-state index in [4.69, 9.17) is 0 Å². The SMILES string of the molecule is CN(C)CCCN(C)CC(=O)c1ccccc1. The Balaban J connectivity index is 2.31. The number of carbonyl (C=O) groups is 1. The molecule has 17 heavy (non-hydrogen) atoms. The third kappa shape index (κ3) is 5.61. The van der Waals surface area contributed by atoms with E-state index in [9.17, 15) is 4.79 Å². The molecule has 0 heterocycles. The van der Waals surface area contributed by atoms with Crippen LogP contribution >= 0.6 is 0 Å². The van der Waals surface area contributed by atoms with Crippen molar-refractivity contribution in [1.29, 1.82) is 0 Å². The predicted molar refractivity (Wildman–Crippen MR) is 71.4 cm³/mol. The molecule has 0 fully saturated rings. The van der Waals surface area contributed by atoms with E-state index >= 15 is 0 Å². The first-order valence-corrected chi connectivity index (χ1v) is 6.01. The Hall–Kier alpha value is -1.19. The molecule has 0 radical (unpaired) electrons. The van der Waals surface area contributed by atoms with E-state index in [0.717, 1.165) is 25.1 Å². The molecular weight excluding hydrogens is 212 g/mol.